The molecule has 1 aromatic carbocycles. The topological polar surface area (TPSA) is 34.9 Å². The van der Waals surface area contributed by atoms with E-state index in [1.807, 2.05) is 25.1 Å². The van der Waals surface area contributed by atoms with E-state index >= 15 is 0 Å². The highest BCUT2D eigenvalue weighted by atomic mass is 35.5. The number of aromatic nitrogens is 2. The van der Waals surface area contributed by atoms with Crippen LogP contribution in [0.25, 0.3) is 11.1 Å². The maximum absolute atomic E-state index is 11.4. The number of rotatable bonds is 2. The third-order valence-electron chi connectivity index (χ3n) is 2.71. The number of aryl methyl sites for hydroxylation is 2. The van der Waals surface area contributed by atoms with Gasteiger partial charge in [-0.2, -0.15) is 5.10 Å². The largest absolute Gasteiger partial charge is 0.295 e. The molecule has 1 heterocycles. The first-order valence-corrected chi connectivity index (χ1v) is 5.69. The average molecular weight is 249 g/mol. The molecule has 0 aliphatic rings. The molecule has 0 radical (unpaired) electrons. The van der Waals surface area contributed by atoms with Crippen LogP contribution in [-0.4, -0.2) is 15.6 Å². The highest BCUT2D eigenvalue weighted by Crippen LogP contribution is 2.30. The Bertz CT molecular complexity index is 587. The van der Waals surface area contributed by atoms with Crippen molar-refractivity contribution in [3.05, 3.63) is 40.7 Å². The standard InChI is InChI=1S/C13H13ClN2O/c1-8-12(13(14)16(3)15-8)11-6-4-5-10(7-11)9(2)17/h4-7H,1-3H3. The molecule has 0 aliphatic heterocycles. The van der Waals surface area contributed by atoms with E-state index in [0.29, 0.717) is 10.7 Å². The predicted octanol–water partition coefficient (Wildman–Crippen LogP) is 3.25. The number of benzene rings is 1. The van der Waals surface area contributed by atoms with Crippen molar-refractivity contribution in [3.63, 3.8) is 0 Å². The second kappa shape index (κ2) is 4.34. The van der Waals surface area contributed by atoms with Crippen LogP contribution in [0.1, 0.15) is 23.0 Å². The Morgan fingerprint density at radius 3 is 2.65 bits per heavy atom. The Kier molecular flexibility index (Phi) is 3.03. The van der Waals surface area contributed by atoms with Crippen molar-refractivity contribution in [1.82, 2.24) is 9.78 Å². The molecule has 2 aromatic rings. The minimum Gasteiger partial charge on any atom is -0.295 e. The fraction of sp³-hybridized carbons (Fsp3) is 0.231. The van der Waals surface area contributed by atoms with E-state index < -0.39 is 0 Å². The summed E-state index contributed by atoms with van der Waals surface area (Å²) in [5, 5.41) is 4.85. The number of carbonyl (C=O) groups excluding carboxylic acids is 1. The minimum absolute atomic E-state index is 0.0458. The third-order valence-corrected chi connectivity index (χ3v) is 3.14. The molecular weight excluding hydrogens is 236 g/mol. The molecule has 0 spiro atoms. The Balaban J connectivity index is 2.60. The van der Waals surface area contributed by atoms with E-state index in [-0.39, 0.29) is 5.78 Å². The van der Waals surface area contributed by atoms with E-state index in [9.17, 15) is 4.79 Å². The van der Waals surface area contributed by atoms with Gasteiger partial charge in [-0.1, -0.05) is 29.8 Å². The lowest BCUT2D eigenvalue weighted by Crippen LogP contribution is -1.92. The average Bonchev–Trinajstić information content (AvgIpc) is 2.53. The molecule has 3 nitrogen and oxygen atoms in total. The molecule has 88 valence electrons. The highest BCUT2D eigenvalue weighted by Gasteiger charge is 2.13. The van der Waals surface area contributed by atoms with Crippen molar-refractivity contribution in [2.45, 2.75) is 13.8 Å². The molecular formula is C13H13ClN2O. The van der Waals surface area contributed by atoms with Crippen molar-refractivity contribution in [1.29, 1.82) is 0 Å². The monoisotopic (exact) mass is 248 g/mol. The highest BCUT2D eigenvalue weighted by molar-refractivity contribution is 6.32. The lowest BCUT2D eigenvalue weighted by atomic mass is 10.0. The van der Waals surface area contributed by atoms with Crippen LogP contribution in [0.15, 0.2) is 24.3 Å². The van der Waals surface area contributed by atoms with Gasteiger partial charge in [0.05, 0.1) is 5.69 Å². The second-order valence-electron chi connectivity index (χ2n) is 4.01. The van der Waals surface area contributed by atoms with Crippen LogP contribution in [-0.2, 0) is 7.05 Å². The minimum atomic E-state index is 0.0458. The van der Waals surface area contributed by atoms with Gasteiger partial charge in [-0.15, -0.1) is 0 Å². The molecule has 1 aromatic heterocycles. The molecule has 4 heteroatoms. The van der Waals surface area contributed by atoms with Gasteiger partial charge < -0.3 is 0 Å². The molecule has 0 saturated carbocycles. The predicted molar refractivity (Wildman–Crippen MR) is 68.4 cm³/mol. The Hall–Kier alpha value is -1.61. The summed E-state index contributed by atoms with van der Waals surface area (Å²) in [4.78, 5) is 11.4. The van der Waals surface area contributed by atoms with Gasteiger partial charge >= 0.3 is 0 Å². The smallest absolute Gasteiger partial charge is 0.159 e. The van der Waals surface area contributed by atoms with E-state index in [1.54, 1.807) is 24.7 Å². The van der Waals surface area contributed by atoms with Crippen molar-refractivity contribution < 1.29 is 4.79 Å². The van der Waals surface area contributed by atoms with Gasteiger partial charge in [-0.3, -0.25) is 9.48 Å². The van der Waals surface area contributed by atoms with Crippen LogP contribution in [0.5, 0.6) is 0 Å². The number of nitrogens with zero attached hydrogens (tertiary/aromatic N) is 2. The fourth-order valence-electron chi connectivity index (χ4n) is 1.85. The summed E-state index contributed by atoms with van der Waals surface area (Å²) in [7, 11) is 1.80. The Labute approximate surface area is 105 Å². The Morgan fingerprint density at radius 2 is 2.12 bits per heavy atom. The molecule has 0 unspecified atom stereocenters. The summed E-state index contributed by atoms with van der Waals surface area (Å²) >= 11 is 6.20. The van der Waals surface area contributed by atoms with E-state index in [4.69, 9.17) is 11.6 Å². The van der Waals surface area contributed by atoms with Crippen LogP contribution in [0.3, 0.4) is 0 Å². The van der Waals surface area contributed by atoms with Crippen LogP contribution in [0.4, 0.5) is 0 Å². The van der Waals surface area contributed by atoms with E-state index in [0.717, 1.165) is 16.8 Å². The summed E-state index contributed by atoms with van der Waals surface area (Å²) < 4.78 is 1.63. The number of hydrogen-bond acceptors (Lipinski definition) is 2. The molecule has 17 heavy (non-hydrogen) atoms. The first-order chi connectivity index (χ1) is 8.00. The molecule has 0 bridgehead atoms. The number of Topliss-reactive ketones (excluding diaryl/α,β-unsaturated/α-hetero) is 1. The zero-order valence-electron chi connectivity index (χ0n) is 9.99. The zero-order valence-corrected chi connectivity index (χ0v) is 10.7. The third kappa shape index (κ3) is 2.11. The van der Waals surface area contributed by atoms with Gasteiger partial charge in [0.2, 0.25) is 0 Å². The van der Waals surface area contributed by atoms with Gasteiger partial charge in [0.1, 0.15) is 5.15 Å². The van der Waals surface area contributed by atoms with Crippen molar-refractivity contribution >= 4 is 17.4 Å². The zero-order chi connectivity index (χ0) is 12.6. The van der Waals surface area contributed by atoms with Gasteiger partial charge in [0, 0.05) is 18.2 Å². The maximum atomic E-state index is 11.4. The van der Waals surface area contributed by atoms with E-state index in [1.165, 1.54) is 0 Å². The van der Waals surface area contributed by atoms with Crippen LogP contribution >= 0.6 is 11.6 Å². The quantitative estimate of drug-likeness (QED) is 0.765. The number of hydrogen-bond donors (Lipinski definition) is 0. The van der Waals surface area contributed by atoms with Crippen LogP contribution in [0.2, 0.25) is 5.15 Å². The lowest BCUT2D eigenvalue weighted by molar-refractivity contribution is 0.101. The first-order valence-electron chi connectivity index (χ1n) is 5.31. The summed E-state index contributed by atoms with van der Waals surface area (Å²) in [6.07, 6.45) is 0. The number of halogens is 1. The summed E-state index contributed by atoms with van der Waals surface area (Å²) in [6.45, 7) is 3.46. The molecule has 0 aliphatic carbocycles. The van der Waals surface area contributed by atoms with Gasteiger partial charge in [-0.25, -0.2) is 0 Å². The fourth-order valence-corrected chi connectivity index (χ4v) is 2.14. The Morgan fingerprint density at radius 1 is 1.41 bits per heavy atom. The van der Waals surface area contributed by atoms with E-state index in [2.05, 4.69) is 5.10 Å². The summed E-state index contributed by atoms with van der Waals surface area (Å²) in [5.74, 6) is 0.0458. The normalized spacial score (nSPS) is 10.6. The van der Waals surface area contributed by atoms with Crippen molar-refractivity contribution in [3.8, 4) is 11.1 Å². The molecule has 0 saturated heterocycles. The number of ketones is 1. The molecule has 0 fully saturated rings. The molecule has 0 amide bonds. The SMILES string of the molecule is CC(=O)c1cccc(-c2c(C)nn(C)c2Cl)c1. The van der Waals surface area contributed by atoms with Crippen LogP contribution < -0.4 is 0 Å². The summed E-state index contributed by atoms with van der Waals surface area (Å²) in [6, 6.07) is 7.43. The first kappa shape index (κ1) is 11.9. The van der Waals surface area contributed by atoms with Gasteiger partial charge in [0.25, 0.3) is 0 Å². The van der Waals surface area contributed by atoms with Gasteiger partial charge in [-0.05, 0) is 25.5 Å². The van der Waals surface area contributed by atoms with Gasteiger partial charge in [0.15, 0.2) is 5.78 Å². The maximum Gasteiger partial charge on any atom is 0.159 e. The second-order valence-corrected chi connectivity index (χ2v) is 4.37. The van der Waals surface area contributed by atoms with Crippen molar-refractivity contribution in [2.24, 2.45) is 7.05 Å². The molecule has 2 rings (SSSR count). The lowest BCUT2D eigenvalue weighted by Gasteiger charge is -2.03. The summed E-state index contributed by atoms with van der Waals surface area (Å²) in [5.41, 5.74) is 3.35. The molecule has 0 N–H and O–H groups in total. The number of carbonyl (C=O) groups is 1. The van der Waals surface area contributed by atoms with Crippen molar-refractivity contribution in [2.75, 3.05) is 0 Å². The molecule has 0 atom stereocenters. The van der Waals surface area contributed by atoms with Crippen LogP contribution in [0, 0.1) is 6.92 Å².